The third-order valence-corrected chi connectivity index (χ3v) is 5.05. The first-order valence-electron chi connectivity index (χ1n) is 8.35. The van der Waals surface area contributed by atoms with Gasteiger partial charge in [-0.25, -0.2) is 0 Å². The van der Waals surface area contributed by atoms with E-state index in [1.165, 1.54) is 37.3 Å². The van der Waals surface area contributed by atoms with E-state index in [2.05, 4.69) is 5.32 Å². The molecular weight excluding hydrogens is 361 g/mol. The van der Waals surface area contributed by atoms with E-state index in [1.807, 2.05) is 0 Å². The summed E-state index contributed by atoms with van der Waals surface area (Å²) in [5.41, 5.74) is -1.40. The van der Waals surface area contributed by atoms with Gasteiger partial charge in [0, 0.05) is 11.6 Å². The number of amides is 1. The first-order valence-corrected chi connectivity index (χ1v) is 8.35. The van der Waals surface area contributed by atoms with Crippen LogP contribution < -0.4 is 5.32 Å². The van der Waals surface area contributed by atoms with Crippen LogP contribution in [0.5, 0.6) is 0 Å². The molecule has 5 nitrogen and oxygen atoms in total. The number of carbonyl (C=O) groups is 1. The third-order valence-electron chi connectivity index (χ3n) is 5.05. The molecule has 0 spiro atoms. The molecule has 1 unspecified atom stereocenters. The number of nitro benzene ring substituents is 1. The van der Waals surface area contributed by atoms with Crippen molar-refractivity contribution in [3.05, 3.63) is 74.8 Å². The number of halogens is 3. The minimum absolute atomic E-state index is 0.0571. The molecule has 0 saturated carbocycles. The molecule has 0 aliphatic heterocycles. The minimum atomic E-state index is -4.66. The lowest BCUT2D eigenvalue weighted by Crippen LogP contribution is -2.55. The zero-order chi connectivity index (χ0) is 19.8. The van der Waals surface area contributed by atoms with E-state index in [4.69, 9.17) is 0 Å². The average molecular weight is 378 g/mol. The summed E-state index contributed by atoms with van der Waals surface area (Å²) in [6, 6.07) is 10.4. The van der Waals surface area contributed by atoms with E-state index in [0.29, 0.717) is 11.1 Å². The molecule has 0 heterocycles. The van der Waals surface area contributed by atoms with Crippen molar-refractivity contribution in [2.24, 2.45) is 0 Å². The molecule has 0 bridgehead atoms. The third kappa shape index (κ3) is 3.27. The monoisotopic (exact) mass is 378 g/mol. The van der Waals surface area contributed by atoms with E-state index in [9.17, 15) is 28.1 Å². The number of nitro groups is 1. The zero-order valence-corrected chi connectivity index (χ0v) is 14.5. The number of nitrogens with one attached hydrogen (secondary N) is 1. The summed E-state index contributed by atoms with van der Waals surface area (Å²) >= 11 is 0. The first kappa shape index (κ1) is 18.9. The van der Waals surface area contributed by atoms with Gasteiger partial charge in [-0.2, -0.15) is 13.2 Å². The summed E-state index contributed by atoms with van der Waals surface area (Å²) in [6.45, 7) is 1.48. The van der Waals surface area contributed by atoms with Gasteiger partial charge in [0.1, 0.15) is 0 Å². The van der Waals surface area contributed by atoms with Crippen LogP contribution in [0.1, 0.15) is 28.7 Å². The second kappa shape index (κ2) is 6.68. The molecule has 0 radical (unpaired) electrons. The Balaban J connectivity index is 1.90. The predicted octanol–water partition coefficient (Wildman–Crippen LogP) is 3.97. The molecule has 1 aliphatic carbocycles. The zero-order valence-electron chi connectivity index (χ0n) is 14.5. The Bertz CT molecular complexity index is 911. The molecule has 1 atom stereocenters. The number of fused-ring (bicyclic) bond motifs is 1. The molecule has 0 saturated heterocycles. The summed E-state index contributed by atoms with van der Waals surface area (Å²) in [7, 11) is 0. The van der Waals surface area contributed by atoms with Gasteiger partial charge in [0.2, 0.25) is 5.91 Å². The number of alkyl halides is 3. The lowest BCUT2D eigenvalue weighted by molar-refractivity contribution is -0.385. The van der Waals surface area contributed by atoms with Gasteiger partial charge in [-0.05, 0) is 36.5 Å². The maximum atomic E-state index is 13.9. The van der Waals surface area contributed by atoms with Crippen molar-refractivity contribution >= 4 is 11.6 Å². The highest BCUT2D eigenvalue weighted by Crippen LogP contribution is 2.48. The molecular formula is C19H17F3N2O3. The van der Waals surface area contributed by atoms with Crippen molar-refractivity contribution < 1.29 is 22.9 Å². The van der Waals surface area contributed by atoms with Crippen LogP contribution in [0.2, 0.25) is 0 Å². The Hall–Kier alpha value is -2.90. The Labute approximate surface area is 153 Å². The Morgan fingerprint density at radius 1 is 1.22 bits per heavy atom. The maximum Gasteiger partial charge on any atom is 0.415 e. The predicted molar refractivity (Wildman–Crippen MR) is 92.2 cm³/mol. The Kier molecular flexibility index (Phi) is 4.67. The number of nitrogens with zero attached hydrogens (tertiary/aromatic N) is 1. The van der Waals surface area contributed by atoms with Crippen LogP contribution in [0.25, 0.3) is 0 Å². The van der Waals surface area contributed by atoms with Crippen molar-refractivity contribution in [3.8, 4) is 0 Å². The molecule has 0 aromatic heterocycles. The number of hydrogen-bond acceptors (Lipinski definition) is 3. The van der Waals surface area contributed by atoms with Crippen LogP contribution in [0.3, 0.4) is 0 Å². The summed E-state index contributed by atoms with van der Waals surface area (Å²) in [4.78, 5) is 22.9. The average Bonchev–Trinajstić information content (AvgIpc) is 2.96. The molecule has 3 rings (SSSR count). The second-order valence-electron chi connectivity index (χ2n) is 6.60. The molecule has 8 heteroatoms. The Morgan fingerprint density at radius 2 is 1.93 bits per heavy atom. The fourth-order valence-electron chi connectivity index (χ4n) is 3.62. The highest BCUT2D eigenvalue weighted by atomic mass is 19.4. The van der Waals surface area contributed by atoms with Gasteiger partial charge in [0.25, 0.3) is 5.69 Å². The van der Waals surface area contributed by atoms with E-state index in [1.54, 1.807) is 12.1 Å². The van der Waals surface area contributed by atoms with Gasteiger partial charge in [0.15, 0.2) is 5.54 Å². The number of carbonyl (C=O) groups excluding carboxylic acids is 1. The van der Waals surface area contributed by atoms with Gasteiger partial charge in [-0.15, -0.1) is 0 Å². The van der Waals surface area contributed by atoms with Crippen molar-refractivity contribution in [1.82, 2.24) is 5.32 Å². The fourth-order valence-corrected chi connectivity index (χ4v) is 3.62. The van der Waals surface area contributed by atoms with Gasteiger partial charge in [0.05, 0.1) is 11.3 Å². The SMILES string of the molecule is Cc1c(CC(=O)NC2(C(F)(F)F)CCc3ccccc32)cccc1[N+](=O)[O-]. The standard InChI is InChI=1S/C19H17F3N2O3/c1-12-14(6-4-8-16(12)24(26)27)11-17(25)23-18(19(20,21)22)10-9-13-5-2-3-7-15(13)18/h2-8H,9-11H2,1H3,(H,23,25). The van der Waals surface area contributed by atoms with Gasteiger partial charge < -0.3 is 5.32 Å². The summed E-state index contributed by atoms with van der Waals surface area (Å²) in [5.74, 6) is -0.826. The van der Waals surface area contributed by atoms with E-state index in [-0.39, 0.29) is 36.1 Å². The number of benzene rings is 2. The molecule has 2 aromatic carbocycles. The molecule has 1 amide bonds. The molecule has 1 aliphatic rings. The molecule has 2 aromatic rings. The molecule has 1 N–H and O–H groups in total. The van der Waals surface area contributed by atoms with Crippen LogP contribution in [-0.4, -0.2) is 17.0 Å². The van der Waals surface area contributed by atoms with Gasteiger partial charge in [-0.3, -0.25) is 14.9 Å². The van der Waals surface area contributed by atoms with E-state index >= 15 is 0 Å². The van der Waals surface area contributed by atoms with Gasteiger partial charge >= 0.3 is 6.18 Å². The number of aryl methyl sites for hydroxylation is 1. The van der Waals surface area contributed by atoms with Crippen LogP contribution in [0, 0.1) is 17.0 Å². The van der Waals surface area contributed by atoms with Crippen LogP contribution >= 0.6 is 0 Å². The highest BCUT2D eigenvalue weighted by molar-refractivity contribution is 5.80. The number of hydrogen-bond donors (Lipinski definition) is 1. The minimum Gasteiger partial charge on any atom is -0.338 e. The van der Waals surface area contributed by atoms with E-state index < -0.39 is 22.5 Å². The lowest BCUT2D eigenvalue weighted by atomic mass is 9.90. The molecule has 27 heavy (non-hydrogen) atoms. The topological polar surface area (TPSA) is 72.2 Å². The van der Waals surface area contributed by atoms with Crippen LogP contribution in [0.4, 0.5) is 18.9 Å². The summed E-state index contributed by atoms with van der Waals surface area (Å²) in [5, 5.41) is 13.2. The maximum absolute atomic E-state index is 13.9. The Morgan fingerprint density at radius 3 is 2.59 bits per heavy atom. The smallest absolute Gasteiger partial charge is 0.338 e. The largest absolute Gasteiger partial charge is 0.415 e. The summed E-state index contributed by atoms with van der Waals surface area (Å²) < 4.78 is 41.8. The van der Waals surface area contributed by atoms with Crippen LogP contribution in [-0.2, 0) is 23.2 Å². The summed E-state index contributed by atoms with van der Waals surface area (Å²) in [6.07, 6.45) is -5.08. The van der Waals surface area contributed by atoms with Gasteiger partial charge in [-0.1, -0.05) is 36.4 Å². The quantitative estimate of drug-likeness (QED) is 0.646. The van der Waals surface area contributed by atoms with E-state index in [0.717, 1.165) is 0 Å². The lowest BCUT2D eigenvalue weighted by Gasteiger charge is -2.34. The van der Waals surface area contributed by atoms with Crippen molar-refractivity contribution in [2.45, 2.75) is 37.9 Å². The second-order valence-corrected chi connectivity index (χ2v) is 6.60. The number of rotatable bonds is 4. The highest BCUT2D eigenvalue weighted by Gasteiger charge is 2.59. The van der Waals surface area contributed by atoms with Crippen molar-refractivity contribution in [2.75, 3.05) is 0 Å². The molecule has 142 valence electrons. The normalized spacial score (nSPS) is 18.8. The van der Waals surface area contributed by atoms with Crippen molar-refractivity contribution in [3.63, 3.8) is 0 Å². The first-order chi connectivity index (χ1) is 12.7. The van der Waals surface area contributed by atoms with Crippen LogP contribution in [0.15, 0.2) is 42.5 Å². The van der Waals surface area contributed by atoms with Crippen molar-refractivity contribution in [1.29, 1.82) is 0 Å². The molecule has 0 fully saturated rings. The fraction of sp³-hybridized carbons (Fsp3) is 0.316.